The van der Waals surface area contributed by atoms with E-state index in [2.05, 4.69) is 36.3 Å². The molecule has 3 aromatic rings. The van der Waals surface area contributed by atoms with Crippen molar-refractivity contribution in [1.82, 2.24) is 24.7 Å². The molecule has 4 rings (SSSR count). The number of aldehydes is 1. The highest BCUT2D eigenvalue weighted by Gasteiger charge is 2.41. The van der Waals surface area contributed by atoms with Gasteiger partial charge in [-0.05, 0) is 22.8 Å². The molecule has 0 aliphatic carbocycles. The average Bonchev–Trinajstić information content (AvgIpc) is 3.26. The van der Waals surface area contributed by atoms with Gasteiger partial charge in [-0.1, -0.05) is 0 Å². The summed E-state index contributed by atoms with van der Waals surface area (Å²) in [6, 6.07) is 5.25. The van der Waals surface area contributed by atoms with Crippen molar-refractivity contribution in [3.05, 3.63) is 58.2 Å². The molecule has 0 amide bonds. The van der Waals surface area contributed by atoms with Crippen LogP contribution in [-0.2, 0) is 12.7 Å². The molecular weight excluding hydrogens is 415 g/mol. The van der Waals surface area contributed by atoms with Crippen LogP contribution in [0.5, 0.6) is 0 Å². The molecule has 32 heavy (non-hydrogen) atoms. The minimum absolute atomic E-state index is 0.0481. The molecular formula is C20H17FN10O. The van der Waals surface area contributed by atoms with Crippen LogP contribution < -0.4 is 4.90 Å². The topological polar surface area (TPSA) is 149 Å². The van der Waals surface area contributed by atoms with Crippen molar-refractivity contribution in [3.63, 3.8) is 0 Å². The fourth-order valence-electron chi connectivity index (χ4n) is 3.89. The first-order chi connectivity index (χ1) is 15.5. The fraction of sp³-hybridized carbons (Fsp3) is 0.300. The van der Waals surface area contributed by atoms with Gasteiger partial charge in [-0.25, -0.2) is 4.39 Å². The van der Waals surface area contributed by atoms with Gasteiger partial charge in [-0.3, -0.25) is 14.8 Å². The molecule has 160 valence electrons. The van der Waals surface area contributed by atoms with Crippen molar-refractivity contribution in [2.45, 2.75) is 18.5 Å². The first kappa shape index (κ1) is 20.9. The van der Waals surface area contributed by atoms with E-state index < -0.39 is 5.67 Å². The molecule has 0 unspecified atom stereocenters. The molecule has 1 saturated heterocycles. The lowest BCUT2D eigenvalue weighted by molar-refractivity contribution is 0.109. The Hall–Kier alpha value is -4.36. The number of carbonyl (C=O) groups excluding carboxylic acids is 1. The number of rotatable bonds is 5. The van der Waals surface area contributed by atoms with Gasteiger partial charge in [0.15, 0.2) is 17.8 Å². The van der Waals surface area contributed by atoms with Crippen LogP contribution in [0.2, 0.25) is 0 Å². The van der Waals surface area contributed by atoms with Crippen LogP contribution in [0.15, 0.2) is 36.0 Å². The minimum atomic E-state index is -1.62. The number of carbonyl (C=O) groups is 1. The zero-order valence-electron chi connectivity index (χ0n) is 17.1. The Morgan fingerprint density at radius 2 is 2.16 bits per heavy atom. The maximum Gasteiger partial charge on any atom is 0.173 e. The molecule has 1 aliphatic heterocycles. The van der Waals surface area contributed by atoms with E-state index >= 15 is 4.39 Å². The third-order valence-corrected chi connectivity index (χ3v) is 5.46. The van der Waals surface area contributed by atoms with Gasteiger partial charge in [0, 0.05) is 61.4 Å². The normalized spacial score (nSPS) is 15.0. The molecule has 1 fully saturated rings. The Morgan fingerprint density at radius 1 is 1.38 bits per heavy atom. The maximum absolute atomic E-state index is 15.6. The van der Waals surface area contributed by atoms with Gasteiger partial charge in [-0.2, -0.15) is 5.26 Å². The highest BCUT2D eigenvalue weighted by atomic mass is 19.1. The van der Waals surface area contributed by atoms with Gasteiger partial charge >= 0.3 is 0 Å². The molecule has 0 saturated carbocycles. The molecule has 11 nitrogen and oxygen atoms in total. The van der Waals surface area contributed by atoms with Crippen LogP contribution in [-0.4, -0.2) is 44.1 Å². The second-order valence-corrected chi connectivity index (χ2v) is 7.33. The van der Waals surface area contributed by atoms with Gasteiger partial charge in [-0.15, -0.1) is 10.2 Å². The Labute approximate surface area is 181 Å². The van der Waals surface area contributed by atoms with Crippen molar-refractivity contribution in [2.75, 3.05) is 18.0 Å². The Bertz CT molecular complexity index is 1270. The summed E-state index contributed by atoms with van der Waals surface area (Å²) >= 11 is 0. The second-order valence-electron chi connectivity index (χ2n) is 7.33. The van der Waals surface area contributed by atoms with Gasteiger partial charge in [0.05, 0.1) is 16.9 Å². The lowest BCUT2D eigenvalue weighted by atomic mass is 9.91. The predicted octanol–water partition coefficient (Wildman–Crippen LogP) is 3.36. The molecule has 12 heteroatoms. The Kier molecular flexibility index (Phi) is 5.49. The van der Waals surface area contributed by atoms with Crippen molar-refractivity contribution in [2.24, 2.45) is 12.2 Å². The quantitative estimate of drug-likeness (QED) is 0.259. The Balaban J connectivity index is 1.72. The number of alkyl halides is 1. The number of halogens is 1. The number of anilines is 1. The summed E-state index contributed by atoms with van der Waals surface area (Å²) in [7, 11) is 1.70. The zero-order chi connectivity index (χ0) is 22.7. The summed E-state index contributed by atoms with van der Waals surface area (Å²) in [5.74, 6) is 0.227. The first-order valence-electron chi connectivity index (χ1n) is 9.69. The van der Waals surface area contributed by atoms with Crippen molar-refractivity contribution in [3.8, 4) is 17.3 Å². The van der Waals surface area contributed by atoms with Gasteiger partial charge in [0.1, 0.15) is 18.2 Å². The van der Waals surface area contributed by atoms with E-state index in [0.29, 0.717) is 41.9 Å². The second kappa shape index (κ2) is 8.41. The number of hydrogen-bond donors (Lipinski definition) is 0. The number of hydrogen-bond acceptors (Lipinski definition) is 8. The highest BCUT2D eigenvalue weighted by molar-refractivity contribution is 5.86. The molecule has 0 radical (unpaired) electrons. The lowest BCUT2D eigenvalue weighted by Crippen LogP contribution is -2.42. The number of aryl methyl sites for hydroxylation is 1. The fourth-order valence-corrected chi connectivity index (χ4v) is 3.89. The number of aromatic nitrogens is 5. The van der Waals surface area contributed by atoms with Crippen molar-refractivity contribution >= 4 is 17.8 Å². The van der Waals surface area contributed by atoms with Crippen LogP contribution in [0.3, 0.4) is 0 Å². The van der Waals surface area contributed by atoms with Gasteiger partial charge in [0.2, 0.25) is 0 Å². The zero-order valence-corrected chi connectivity index (χ0v) is 17.1. The number of nitrogens with zero attached hydrogens (tertiary/aromatic N) is 10. The average molecular weight is 432 g/mol. The van der Waals surface area contributed by atoms with E-state index in [1.54, 1.807) is 17.7 Å². The summed E-state index contributed by atoms with van der Waals surface area (Å²) in [4.78, 5) is 24.5. The van der Waals surface area contributed by atoms with Gasteiger partial charge in [0.25, 0.3) is 0 Å². The van der Waals surface area contributed by atoms with Gasteiger partial charge < -0.3 is 9.47 Å². The summed E-state index contributed by atoms with van der Waals surface area (Å²) in [5.41, 5.74) is 8.92. The number of piperidine rings is 1. The van der Waals surface area contributed by atoms with Crippen molar-refractivity contribution < 1.29 is 9.18 Å². The standard InChI is InChI=1S/C20H17FN10O/c1-30-12-26-28-19(30)20(21)3-6-31(7-4-20)17-13(9-22)2-5-24-16(17)14-8-15(11-32)18(25-10-14)27-29-23/h2,5,8,10-12H,3-4,6-7H2,1H3. The molecule has 0 aromatic carbocycles. The first-order valence-corrected chi connectivity index (χ1v) is 9.69. The molecule has 0 bridgehead atoms. The number of pyridine rings is 2. The lowest BCUT2D eigenvalue weighted by Gasteiger charge is -2.37. The summed E-state index contributed by atoms with van der Waals surface area (Å²) in [6.45, 7) is 0.642. The monoisotopic (exact) mass is 432 g/mol. The maximum atomic E-state index is 15.6. The van der Waals surface area contributed by atoms with E-state index in [4.69, 9.17) is 5.53 Å². The summed E-state index contributed by atoms with van der Waals surface area (Å²) in [5, 5.41) is 20.8. The SMILES string of the molecule is Cn1cnnc1C1(F)CCN(c2c(C#N)ccnc2-c2cnc(N=[N+]=[N-])c(C=O)c2)CC1. The molecule has 0 spiro atoms. The third kappa shape index (κ3) is 3.61. The van der Waals surface area contributed by atoms with E-state index in [9.17, 15) is 10.1 Å². The van der Waals surface area contributed by atoms with Crippen LogP contribution >= 0.6 is 0 Å². The van der Waals surface area contributed by atoms with E-state index in [0.717, 1.165) is 0 Å². The van der Waals surface area contributed by atoms with E-state index in [1.165, 1.54) is 24.8 Å². The van der Waals surface area contributed by atoms with Crippen LogP contribution in [0.1, 0.15) is 34.6 Å². The van der Waals surface area contributed by atoms with Crippen molar-refractivity contribution in [1.29, 1.82) is 5.26 Å². The molecule has 3 aromatic heterocycles. The Morgan fingerprint density at radius 3 is 2.78 bits per heavy atom. The van der Waals surface area contributed by atoms with Crippen LogP contribution in [0.25, 0.3) is 21.7 Å². The van der Waals surface area contributed by atoms with E-state index in [1.807, 2.05) is 4.90 Å². The largest absolute Gasteiger partial charge is 0.368 e. The summed E-state index contributed by atoms with van der Waals surface area (Å²) in [6.07, 6.45) is 5.23. The molecule has 0 N–H and O–H groups in total. The number of azide groups is 1. The molecule has 4 heterocycles. The predicted molar refractivity (Wildman–Crippen MR) is 112 cm³/mol. The number of nitriles is 1. The highest BCUT2D eigenvalue weighted by Crippen LogP contribution is 2.40. The summed E-state index contributed by atoms with van der Waals surface area (Å²) < 4.78 is 17.2. The molecule has 0 atom stereocenters. The third-order valence-electron chi connectivity index (χ3n) is 5.46. The van der Waals surface area contributed by atoms with Crippen LogP contribution in [0.4, 0.5) is 15.9 Å². The minimum Gasteiger partial charge on any atom is -0.368 e. The van der Waals surface area contributed by atoms with E-state index in [-0.39, 0.29) is 30.0 Å². The smallest absolute Gasteiger partial charge is 0.173 e. The molecule has 1 aliphatic rings. The van der Waals surface area contributed by atoms with Crippen LogP contribution in [0, 0.1) is 11.3 Å².